The van der Waals surface area contributed by atoms with Gasteiger partial charge in [0.15, 0.2) is 5.88 Å². The molecule has 1 amide bonds. The Morgan fingerprint density at radius 3 is 2.61 bits per heavy atom. The molecule has 6 heterocycles. The number of halogens is 3. The van der Waals surface area contributed by atoms with Crippen LogP contribution < -0.4 is 10.5 Å². The van der Waals surface area contributed by atoms with Crippen LogP contribution in [0.1, 0.15) is 47.9 Å². The molecule has 0 aromatic carbocycles. The van der Waals surface area contributed by atoms with Gasteiger partial charge in [-0.1, -0.05) is 6.92 Å². The molecule has 2 bridgehead atoms. The van der Waals surface area contributed by atoms with E-state index in [4.69, 9.17) is 15.5 Å². The van der Waals surface area contributed by atoms with Gasteiger partial charge in [0.2, 0.25) is 0 Å². The number of methoxy groups -OCH3 is 1. The molecule has 8 nitrogen and oxygen atoms in total. The minimum atomic E-state index is -4.45. The van der Waals surface area contributed by atoms with E-state index in [1.165, 1.54) is 11.7 Å². The van der Waals surface area contributed by atoms with Gasteiger partial charge in [-0.15, -0.1) is 0 Å². The summed E-state index contributed by atoms with van der Waals surface area (Å²) in [4.78, 5) is 24.7. The molecule has 2 aliphatic heterocycles. The Morgan fingerprint density at radius 2 is 1.97 bits per heavy atom. The van der Waals surface area contributed by atoms with Crippen molar-refractivity contribution in [3.05, 3.63) is 47.3 Å². The van der Waals surface area contributed by atoms with Crippen molar-refractivity contribution in [2.24, 2.45) is 5.73 Å². The highest BCUT2D eigenvalue weighted by atomic mass is 19.4. The van der Waals surface area contributed by atoms with Crippen LogP contribution in [0.2, 0.25) is 0 Å². The highest BCUT2D eigenvalue weighted by Crippen LogP contribution is 2.39. The van der Waals surface area contributed by atoms with Gasteiger partial charge in [0.25, 0.3) is 5.91 Å². The molecule has 6 rings (SSSR count). The monoisotopic (exact) mass is 526 g/mol. The molecule has 2 fully saturated rings. The summed E-state index contributed by atoms with van der Waals surface area (Å²) in [7, 11) is 1.49. The average molecular weight is 527 g/mol. The van der Waals surface area contributed by atoms with Crippen molar-refractivity contribution in [1.82, 2.24) is 23.8 Å². The second-order valence-electron chi connectivity index (χ2n) is 10.2. The third kappa shape index (κ3) is 3.82. The number of amides is 1. The zero-order valence-corrected chi connectivity index (χ0v) is 21.4. The van der Waals surface area contributed by atoms with Crippen molar-refractivity contribution in [2.45, 2.75) is 70.4 Å². The fraction of sp³-hybridized carbons (Fsp3) is 0.444. The Balaban J connectivity index is 1.50. The summed E-state index contributed by atoms with van der Waals surface area (Å²) < 4.78 is 49.6. The number of aromatic nitrogens is 4. The molecule has 2 saturated heterocycles. The van der Waals surface area contributed by atoms with E-state index < -0.39 is 12.7 Å². The topological polar surface area (TPSA) is 90.7 Å². The number of carbonyl (C=O) groups excluding carboxylic acids is 1. The number of nitrogens with zero attached hydrogens (tertiary/aromatic N) is 5. The van der Waals surface area contributed by atoms with Gasteiger partial charge in [-0.2, -0.15) is 13.2 Å². The first-order valence-corrected chi connectivity index (χ1v) is 12.8. The third-order valence-electron chi connectivity index (χ3n) is 7.94. The fourth-order valence-electron chi connectivity index (χ4n) is 6.19. The number of alkyl halides is 3. The Morgan fingerprint density at radius 1 is 1.18 bits per heavy atom. The van der Waals surface area contributed by atoms with Gasteiger partial charge < -0.3 is 19.9 Å². The van der Waals surface area contributed by atoms with Crippen molar-refractivity contribution >= 4 is 22.6 Å². The van der Waals surface area contributed by atoms with E-state index in [0.717, 1.165) is 19.3 Å². The van der Waals surface area contributed by atoms with Crippen LogP contribution >= 0.6 is 0 Å². The maximum Gasteiger partial charge on any atom is 0.406 e. The van der Waals surface area contributed by atoms with E-state index in [1.807, 2.05) is 17.9 Å². The minimum absolute atomic E-state index is 0.0188. The Kier molecular flexibility index (Phi) is 5.67. The second-order valence-corrected chi connectivity index (χ2v) is 10.2. The molecule has 2 N–H and O–H groups in total. The van der Waals surface area contributed by atoms with Crippen LogP contribution in [0.15, 0.2) is 30.3 Å². The van der Waals surface area contributed by atoms with Crippen LogP contribution in [0.25, 0.3) is 28.1 Å². The number of ether oxygens (including phenoxy) is 1. The molecule has 0 unspecified atom stereocenters. The predicted molar refractivity (Wildman–Crippen MR) is 136 cm³/mol. The van der Waals surface area contributed by atoms with Crippen LogP contribution in [-0.2, 0) is 13.0 Å². The first-order chi connectivity index (χ1) is 18.1. The van der Waals surface area contributed by atoms with Crippen molar-refractivity contribution in [3.63, 3.8) is 0 Å². The first-order valence-electron chi connectivity index (χ1n) is 12.8. The van der Waals surface area contributed by atoms with Crippen molar-refractivity contribution in [2.75, 3.05) is 7.11 Å². The molecule has 2 aliphatic rings. The van der Waals surface area contributed by atoms with Gasteiger partial charge in [-0.05, 0) is 56.9 Å². The number of nitrogens with two attached hydrogens (primary N) is 1. The van der Waals surface area contributed by atoms with E-state index in [0.29, 0.717) is 51.7 Å². The Labute approximate surface area is 217 Å². The zero-order chi connectivity index (χ0) is 26.9. The molecule has 4 aromatic rings. The number of imidazole rings is 1. The van der Waals surface area contributed by atoms with Gasteiger partial charge in [0.1, 0.15) is 23.5 Å². The number of rotatable bonds is 5. The van der Waals surface area contributed by atoms with Gasteiger partial charge in [0.05, 0.1) is 18.5 Å². The summed E-state index contributed by atoms with van der Waals surface area (Å²) >= 11 is 0. The minimum Gasteiger partial charge on any atom is -0.482 e. The lowest BCUT2D eigenvalue weighted by Crippen LogP contribution is -2.40. The Bertz CT molecular complexity index is 1570. The molecule has 3 atom stereocenters. The lowest BCUT2D eigenvalue weighted by Gasteiger charge is -2.23. The largest absolute Gasteiger partial charge is 0.482 e. The van der Waals surface area contributed by atoms with Gasteiger partial charge >= 0.3 is 6.18 Å². The quantitative estimate of drug-likeness (QED) is 0.414. The van der Waals surface area contributed by atoms with Crippen molar-refractivity contribution in [3.8, 4) is 17.3 Å². The van der Waals surface area contributed by atoms with E-state index in [9.17, 15) is 18.0 Å². The molecular weight excluding hydrogens is 497 g/mol. The Hall–Kier alpha value is -3.60. The third-order valence-corrected chi connectivity index (χ3v) is 7.94. The normalized spacial score (nSPS) is 21.2. The lowest BCUT2D eigenvalue weighted by atomic mass is 9.97. The molecule has 4 aromatic heterocycles. The maximum absolute atomic E-state index is 13.7. The SMILES string of the molecule is CCc1ccc2cc(-c3nc4cc(C(=O)N5[C@H]6CC[C@@H]5[C@H](N)C6)cc(OC)n4c3C)n(CC(F)(F)F)c2n1. The van der Waals surface area contributed by atoms with Crippen LogP contribution in [-0.4, -0.2) is 61.2 Å². The standard InChI is InChI=1S/C27H29F3N6O2/c1-4-17-6-5-15-9-21(34(25(15)32-17)13-27(28,29)30)24-14(2)35-22(33-24)10-16(11-23(35)38-3)26(37)36-18-7-8-20(36)19(31)12-18/h5-6,9-11,18-20H,4,7-8,12-13,31H2,1-3H3/t18-,19+,20+/m0/s1. The van der Waals surface area contributed by atoms with Gasteiger partial charge in [0, 0.05) is 40.8 Å². The average Bonchev–Trinajstić information content (AvgIpc) is 3.62. The van der Waals surface area contributed by atoms with E-state index in [2.05, 4.69) is 4.98 Å². The summed E-state index contributed by atoms with van der Waals surface area (Å²) in [6, 6.07) is 8.75. The van der Waals surface area contributed by atoms with E-state index in [1.54, 1.807) is 35.6 Å². The number of aryl methyl sites for hydroxylation is 2. The smallest absolute Gasteiger partial charge is 0.406 e. The maximum atomic E-state index is 13.7. The van der Waals surface area contributed by atoms with Gasteiger partial charge in [-0.3, -0.25) is 9.20 Å². The summed E-state index contributed by atoms with van der Waals surface area (Å²) in [6.45, 7) is 2.49. The fourth-order valence-corrected chi connectivity index (χ4v) is 6.19. The number of hydrogen-bond donors (Lipinski definition) is 1. The lowest BCUT2D eigenvalue weighted by molar-refractivity contribution is -0.139. The first kappa shape index (κ1) is 24.7. The van der Waals surface area contributed by atoms with Crippen LogP contribution in [0.3, 0.4) is 0 Å². The molecule has 0 spiro atoms. The predicted octanol–water partition coefficient (Wildman–Crippen LogP) is 4.50. The molecule has 38 heavy (non-hydrogen) atoms. The second kappa shape index (κ2) is 8.72. The van der Waals surface area contributed by atoms with Crippen LogP contribution in [0.5, 0.6) is 5.88 Å². The van der Waals surface area contributed by atoms with Crippen molar-refractivity contribution in [1.29, 1.82) is 0 Å². The van der Waals surface area contributed by atoms with E-state index >= 15 is 0 Å². The summed E-state index contributed by atoms with van der Waals surface area (Å²) in [6.07, 6.45) is -1.23. The molecule has 0 saturated carbocycles. The van der Waals surface area contributed by atoms with Gasteiger partial charge in [-0.25, -0.2) is 9.97 Å². The highest BCUT2D eigenvalue weighted by molar-refractivity contribution is 5.96. The molecule has 200 valence electrons. The van der Waals surface area contributed by atoms with Crippen LogP contribution in [0.4, 0.5) is 13.2 Å². The summed E-state index contributed by atoms with van der Waals surface area (Å²) in [5.74, 6) is 0.249. The van der Waals surface area contributed by atoms with Crippen molar-refractivity contribution < 1.29 is 22.7 Å². The van der Waals surface area contributed by atoms with E-state index in [-0.39, 0.29) is 29.7 Å². The molecule has 11 heteroatoms. The molecule has 0 radical (unpaired) electrons. The number of hydrogen-bond acceptors (Lipinski definition) is 5. The summed E-state index contributed by atoms with van der Waals surface area (Å²) in [5, 5.41) is 0.599. The summed E-state index contributed by atoms with van der Waals surface area (Å²) in [5.41, 5.74) is 9.32. The number of carbonyl (C=O) groups is 1. The number of pyridine rings is 2. The highest BCUT2D eigenvalue weighted by Gasteiger charge is 2.47. The molecule has 0 aliphatic carbocycles. The zero-order valence-electron chi connectivity index (χ0n) is 21.4. The molecular formula is C27H29F3N6O2. The van der Waals surface area contributed by atoms with Crippen LogP contribution in [0, 0.1) is 6.92 Å². The number of fused-ring (bicyclic) bond motifs is 4.